The van der Waals surface area contributed by atoms with Crippen molar-refractivity contribution in [3.05, 3.63) is 89.7 Å². The van der Waals surface area contributed by atoms with Crippen LogP contribution in [0.2, 0.25) is 0 Å². The summed E-state index contributed by atoms with van der Waals surface area (Å²) in [7, 11) is 0. The summed E-state index contributed by atoms with van der Waals surface area (Å²) in [6.45, 7) is 0.886. The first-order chi connectivity index (χ1) is 16.3. The smallest absolute Gasteiger partial charge is 0.422 e. The molecule has 0 radical (unpaired) electrons. The lowest BCUT2D eigenvalue weighted by Gasteiger charge is -2.15. The molecule has 34 heavy (non-hydrogen) atoms. The van der Waals surface area contributed by atoms with Crippen LogP contribution in [0.1, 0.15) is 42.1 Å². The van der Waals surface area contributed by atoms with Gasteiger partial charge in [-0.2, -0.15) is 13.2 Å². The second-order valence-corrected chi connectivity index (χ2v) is 8.35. The summed E-state index contributed by atoms with van der Waals surface area (Å²) in [5.74, 6) is 0.695. The first-order valence-corrected chi connectivity index (χ1v) is 11.0. The van der Waals surface area contributed by atoms with Crippen LogP contribution >= 0.6 is 0 Å². The summed E-state index contributed by atoms with van der Waals surface area (Å²) < 4.78 is 47.3. The molecule has 1 N–H and O–H groups in total. The molecule has 0 saturated heterocycles. The molecule has 1 saturated carbocycles. The Balaban J connectivity index is 1.28. The Hall–Kier alpha value is -3.55. The Kier molecular flexibility index (Phi) is 7.05. The highest BCUT2D eigenvalue weighted by Crippen LogP contribution is 2.48. The molecular formula is C26H25F3N2O3. The van der Waals surface area contributed by atoms with Crippen molar-refractivity contribution in [2.24, 2.45) is 5.92 Å². The van der Waals surface area contributed by atoms with E-state index in [1.54, 1.807) is 13.0 Å². The van der Waals surface area contributed by atoms with Crippen molar-refractivity contribution >= 4 is 5.91 Å². The summed E-state index contributed by atoms with van der Waals surface area (Å²) in [6, 6.07) is 20.3. The van der Waals surface area contributed by atoms with Crippen LogP contribution in [-0.4, -0.2) is 23.7 Å². The highest BCUT2D eigenvalue weighted by molar-refractivity contribution is 5.83. The molecule has 1 unspecified atom stereocenters. The predicted octanol–water partition coefficient (Wildman–Crippen LogP) is 5.58. The van der Waals surface area contributed by atoms with Crippen molar-refractivity contribution in [3.63, 3.8) is 0 Å². The first-order valence-electron chi connectivity index (χ1n) is 11.0. The molecule has 0 spiro atoms. The average Bonchev–Trinajstić information content (AvgIpc) is 3.63. The molecule has 2 aromatic carbocycles. The van der Waals surface area contributed by atoms with E-state index in [0.29, 0.717) is 12.3 Å². The Morgan fingerprint density at radius 1 is 1.06 bits per heavy atom. The number of hydrogen-bond donors (Lipinski definition) is 1. The molecule has 1 aliphatic rings. The number of halogens is 3. The monoisotopic (exact) mass is 470 g/mol. The predicted molar refractivity (Wildman–Crippen MR) is 120 cm³/mol. The van der Waals surface area contributed by atoms with Crippen LogP contribution < -0.4 is 14.8 Å². The molecule has 3 aromatic rings. The zero-order valence-electron chi connectivity index (χ0n) is 18.6. The maximum absolute atomic E-state index is 12.7. The van der Waals surface area contributed by atoms with Gasteiger partial charge in [0, 0.05) is 5.92 Å². The molecule has 4 rings (SSSR count). The summed E-state index contributed by atoms with van der Waals surface area (Å²) in [4.78, 5) is 16.9. The second kappa shape index (κ2) is 10.2. The molecular weight excluding hydrogens is 445 g/mol. The van der Waals surface area contributed by atoms with E-state index in [4.69, 9.17) is 4.74 Å². The molecule has 0 aliphatic heterocycles. The fraction of sp³-hybridized carbons (Fsp3) is 0.308. The minimum atomic E-state index is -4.41. The highest BCUT2D eigenvalue weighted by atomic mass is 19.4. The number of rotatable bonds is 9. The fourth-order valence-corrected chi connectivity index (χ4v) is 3.72. The summed E-state index contributed by atoms with van der Waals surface area (Å²) in [6.07, 6.45) is -2.43. The first kappa shape index (κ1) is 23.6. The van der Waals surface area contributed by atoms with Crippen LogP contribution in [0.15, 0.2) is 72.9 Å². The number of amides is 1. The molecule has 5 nitrogen and oxygen atoms in total. The summed E-state index contributed by atoms with van der Waals surface area (Å²) in [5.41, 5.74) is 2.68. The number of alkyl halides is 3. The molecule has 0 bridgehead atoms. The number of nitrogens with zero attached hydrogens (tertiary/aromatic N) is 1. The van der Waals surface area contributed by atoms with Crippen molar-refractivity contribution in [1.82, 2.24) is 10.3 Å². The van der Waals surface area contributed by atoms with Gasteiger partial charge in [0.05, 0.1) is 17.9 Å². The van der Waals surface area contributed by atoms with Gasteiger partial charge in [-0.15, -0.1) is 0 Å². The fourth-order valence-electron chi connectivity index (χ4n) is 3.72. The molecule has 3 atom stereocenters. The Morgan fingerprint density at radius 3 is 2.56 bits per heavy atom. The van der Waals surface area contributed by atoms with Crippen LogP contribution in [0.25, 0.3) is 0 Å². The van der Waals surface area contributed by atoms with Crippen LogP contribution in [0.4, 0.5) is 13.2 Å². The van der Waals surface area contributed by atoms with Gasteiger partial charge in [0.25, 0.3) is 0 Å². The Labute approximate surface area is 195 Å². The molecule has 1 aliphatic carbocycles. The van der Waals surface area contributed by atoms with Gasteiger partial charge >= 0.3 is 6.18 Å². The van der Waals surface area contributed by atoms with Crippen molar-refractivity contribution in [3.8, 4) is 11.5 Å². The van der Waals surface area contributed by atoms with Crippen molar-refractivity contribution < 1.29 is 27.4 Å². The molecule has 178 valence electrons. The van der Waals surface area contributed by atoms with E-state index in [1.807, 2.05) is 54.6 Å². The topological polar surface area (TPSA) is 60.5 Å². The molecule has 1 amide bonds. The highest BCUT2D eigenvalue weighted by Gasteiger charge is 2.44. The number of benzene rings is 2. The third-order valence-electron chi connectivity index (χ3n) is 5.63. The van der Waals surface area contributed by atoms with Crippen LogP contribution in [0, 0.1) is 5.92 Å². The SMILES string of the molecule is CC(NC(=O)[C@@H]1C[C@H]1c1cccc(OCc2ccccc2)c1)c1ccc(OCC(F)(F)F)cn1. The number of nitrogens with one attached hydrogen (secondary N) is 1. The molecule has 1 heterocycles. The van der Waals surface area contributed by atoms with Crippen LogP contribution in [0.3, 0.4) is 0 Å². The number of carbonyl (C=O) groups is 1. The van der Waals surface area contributed by atoms with Gasteiger partial charge in [0.15, 0.2) is 6.61 Å². The number of carbonyl (C=O) groups excluding carboxylic acids is 1. The molecule has 8 heteroatoms. The standard InChI is InChI=1S/C26H25F3N2O3/c1-17(24-11-10-21(14-30-24)34-16-26(27,28)29)31-25(32)23-13-22(23)19-8-5-9-20(12-19)33-15-18-6-3-2-4-7-18/h2-12,14,17,22-23H,13,15-16H2,1H3,(H,31,32)/t17?,22-,23+/m0/s1. The van der Waals surface area contributed by atoms with Crippen LogP contribution in [-0.2, 0) is 11.4 Å². The molecule has 1 fully saturated rings. The van der Waals surface area contributed by atoms with Crippen LogP contribution in [0.5, 0.6) is 11.5 Å². The van der Waals surface area contributed by atoms with E-state index in [-0.39, 0.29) is 29.5 Å². The van der Waals surface area contributed by atoms with Gasteiger partial charge in [0.2, 0.25) is 5.91 Å². The zero-order valence-corrected chi connectivity index (χ0v) is 18.6. The largest absolute Gasteiger partial charge is 0.489 e. The van der Waals surface area contributed by atoms with Gasteiger partial charge in [-0.25, -0.2) is 0 Å². The second-order valence-electron chi connectivity index (χ2n) is 8.35. The Morgan fingerprint density at radius 2 is 1.85 bits per heavy atom. The van der Waals surface area contributed by atoms with Gasteiger partial charge < -0.3 is 14.8 Å². The zero-order chi connectivity index (χ0) is 24.1. The van der Waals surface area contributed by atoms with Gasteiger partial charge in [-0.05, 0) is 54.7 Å². The summed E-state index contributed by atoms with van der Waals surface area (Å²) >= 11 is 0. The number of ether oxygens (including phenoxy) is 2. The molecule has 1 aromatic heterocycles. The van der Waals surface area contributed by atoms with E-state index < -0.39 is 12.8 Å². The van der Waals surface area contributed by atoms with E-state index in [9.17, 15) is 18.0 Å². The maximum atomic E-state index is 12.7. The van der Waals surface area contributed by atoms with Crippen molar-refractivity contribution in [2.75, 3.05) is 6.61 Å². The van der Waals surface area contributed by atoms with Gasteiger partial charge in [0.1, 0.15) is 18.1 Å². The number of aromatic nitrogens is 1. The minimum Gasteiger partial charge on any atom is -0.489 e. The van der Waals surface area contributed by atoms with E-state index >= 15 is 0 Å². The van der Waals surface area contributed by atoms with E-state index in [2.05, 4.69) is 15.0 Å². The Bertz CT molecular complexity index is 1100. The maximum Gasteiger partial charge on any atom is 0.422 e. The van der Waals surface area contributed by atoms with Gasteiger partial charge in [-0.3, -0.25) is 9.78 Å². The van der Waals surface area contributed by atoms with Crippen molar-refractivity contribution in [2.45, 2.75) is 38.1 Å². The van der Waals surface area contributed by atoms with E-state index in [0.717, 1.165) is 23.3 Å². The third kappa shape index (κ3) is 6.50. The number of pyridine rings is 1. The van der Waals surface area contributed by atoms with E-state index in [1.165, 1.54) is 12.3 Å². The number of hydrogen-bond acceptors (Lipinski definition) is 4. The normalized spacial score (nSPS) is 18.1. The average molecular weight is 470 g/mol. The van der Waals surface area contributed by atoms with Gasteiger partial charge in [-0.1, -0.05) is 42.5 Å². The lowest BCUT2D eigenvalue weighted by atomic mass is 10.1. The lowest BCUT2D eigenvalue weighted by molar-refractivity contribution is -0.153. The minimum absolute atomic E-state index is 0.0243. The van der Waals surface area contributed by atoms with Crippen molar-refractivity contribution in [1.29, 1.82) is 0 Å². The summed E-state index contributed by atoms with van der Waals surface area (Å²) in [5, 5.41) is 2.94. The lowest BCUT2D eigenvalue weighted by Crippen LogP contribution is -2.29. The third-order valence-corrected chi connectivity index (χ3v) is 5.63. The quantitative estimate of drug-likeness (QED) is 0.443.